The lowest BCUT2D eigenvalue weighted by Gasteiger charge is -2.12. The fraction of sp³-hybridized carbons (Fsp3) is 0.333. The predicted molar refractivity (Wildman–Crippen MR) is 48.0 cm³/mol. The van der Waals surface area contributed by atoms with E-state index in [1.165, 1.54) is 0 Å². The number of carbonyl (C=O) groups is 2. The number of carbonyl (C=O) groups excluding carboxylic acids is 2. The van der Waals surface area contributed by atoms with Crippen LogP contribution in [-0.4, -0.2) is 40.3 Å². The molecule has 3 N–H and O–H groups in total. The highest BCUT2D eigenvalue weighted by atomic mass is 16.5. The van der Waals surface area contributed by atoms with Crippen LogP contribution in [0.5, 0.6) is 0 Å². The first-order chi connectivity index (χ1) is 7.06. The van der Waals surface area contributed by atoms with E-state index < -0.39 is 29.2 Å². The summed E-state index contributed by atoms with van der Waals surface area (Å²) in [6.07, 6.45) is 1.95. The molecule has 0 saturated heterocycles. The molecule has 0 amide bonds. The van der Waals surface area contributed by atoms with Crippen LogP contribution in [0.2, 0.25) is 0 Å². The highest BCUT2D eigenvalue weighted by Gasteiger charge is 2.26. The van der Waals surface area contributed by atoms with E-state index in [0.29, 0.717) is 0 Å². The Balaban J connectivity index is 2.72. The van der Waals surface area contributed by atoms with Crippen LogP contribution in [0.3, 0.4) is 0 Å². The summed E-state index contributed by atoms with van der Waals surface area (Å²) in [5.74, 6) is -4.08. The molecule has 0 bridgehead atoms. The molecule has 0 fully saturated rings. The van der Waals surface area contributed by atoms with Crippen molar-refractivity contribution in [1.82, 2.24) is 0 Å². The molecule has 1 rings (SSSR count). The van der Waals surface area contributed by atoms with Gasteiger partial charge < -0.3 is 20.1 Å². The quantitative estimate of drug-likeness (QED) is 0.552. The molecule has 0 saturated carbocycles. The Morgan fingerprint density at radius 2 is 1.87 bits per heavy atom. The minimum absolute atomic E-state index is 0.174. The maximum absolute atomic E-state index is 11.2. The molecule has 82 valence electrons. The molecule has 0 aromatic carbocycles. The van der Waals surface area contributed by atoms with Crippen molar-refractivity contribution in [3.8, 4) is 0 Å². The van der Waals surface area contributed by atoms with Crippen LogP contribution >= 0.6 is 0 Å². The third kappa shape index (κ3) is 2.57. The molecule has 0 aromatic rings. The molecular weight excluding hydrogens is 204 g/mol. The molecule has 1 aliphatic rings. The molecule has 0 spiro atoms. The summed E-state index contributed by atoms with van der Waals surface area (Å²) < 4.78 is 4.55. The number of hydrogen-bond donors (Lipinski definition) is 3. The van der Waals surface area contributed by atoms with Gasteiger partial charge in [0.25, 0.3) is 5.78 Å². The summed E-state index contributed by atoms with van der Waals surface area (Å²) in [6.45, 7) is -0.491. The second-order valence-corrected chi connectivity index (χ2v) is 2.85. The van der Waals surface area contributed by atoms with E-state index in [1.807, 2.05) is 0 Å². The number of ketones is 1. The van der Waals surface area contributed by atoms with Gasteiger partial charge >= 0.3 is 5.97 Å². The molecule has 6 heteroatoms. The summed E-state index contributed by atoms with van der Waals surface area (Å²) in [5.41, 5.74) is 0. The number of esters is 1. The van der Waals surface area contributed by atoms with E-state index in [4.69, 9.17) is 15.3 Å². The molecule has 1 aliphatic carbocycles. The maximum Gasteiger partial charge on any atom is 0.317 e. The topological polar surface area (TPSA) is 104 Å². The zero-order valence-corrected chi connectivity index (χ0v) is 7.71. The molecule has 0 atom stereocenters. The first-order valence-electron chi connectivity index (χ1n) is 4.20. The van der Waals surface area contributed by atoms with Gasteiger partial charge in [0, 0.05) is 0 Å². The van der Waals surface area contributed by atoms with Crippen molar-refractivity contribution in [1.29, 1.82) is 0 Å². The average Bonchev–Trinajstić information content (AvgIpc) is 2.21. The number of aliphatic hydroxyl groups excluding tert-OH is 3. The van der Waals surface area contributed by atoms with Crippen molar-refractivity contribution >= 4 is 11.8 Å². The lowest BCUT2D eigenvalue weighted by Crippen LogP contribution is -2.22. The third-order valence-electron chi connectivity index (χ3n) is 1.75. The molecular formula is C9H10O6. The molecule has 0 aliphatic heterocycles. The molecule has 0 aromatic heterocycles. The monoisotopic (exact) mass is 214 g/mol. The molecule has 0 radical (unpaired) electrons. The summed E-state index contributed by atoms with van der Waals surface area (Å²) in [6, 6.07) is 0. The zero-order chi connectivity index (χ0) is 11.4. The normalized spacial score (nSPS) is 17.0. The highest BCUT2D eigenvalue weighted by Crippen LogP contribution is 2.17. The molecule has 0 unspecified atom stereocenters. The Labute approximate surface area is 85.1 Å². The van der Waals surface area contributed by atoms with E-state index in [-0.39, 0.29) is 13.2 Å². The maximum atomic E-state index is 11.2. The van der Waals surface area contributed by atoms with Crippen LogP contribution in [0.1, 0.15) is 0 Å². The first-order valence-corrected chi connectivity index (χ1v) is 4.20. The Morgan fingerprint density at radius 3 is 2.33 bits per heavy atom. The van der Waals surface area contributed by atoms with Gasteiger partial charge in [-0.15, -0.1) is 0 Å². The standard InChI is InChI=1S/C9H10O6/c10-1-2-15-9(14)5-3-6(11)8(13)7(12)4-5/h3-5,10-12H,1-2H2. The lowest BCUT2D eigenvalue weighted by atomic mass is 10.0. The van der Waals surface area contributed by atoms with Gasteiger partial charge in [0.2, 0.25) is 0 Å². The number of Topliss-reactive ketones (excluding diaryl/α,β-unsaturated/α-hetero) is 1. The van der Waals surface area contributed by atoms with E-state index in [0.717, 1.165) is 12.2 Å². The molecule has 0 heterocycles. The average molecular weight is 214 g/mol. The summed E-state index contributed by atoms with van der Waals surface area (Å²) in [4.78, 5) is 22.1. The zero-order valence-electron chi connectivity index (χ0n) is 7.71. The minimum atomic E-state index is -1.01. The van der Waals surface area contributed by atoms with Gasteiger partial charge in [0.05, 0.1) is 6.61 Å². The molecule has 15 heavy (non-hydrogen) atoms. The van der Waals surface area contributed by atoms with Crippen molar-refractivity contribution in [2.75, 3.05) is 13.2 Å². The summed E-state index contributed by atoms with van der Waals surface area (Å²) >= 11 is 0. The molecule has 6 nitrogen and oxygen atoms in total. The number of hydrogen-bond acceptors (Lipinski definition) is 6. The summed E-state index contributed by atoms with van der Waals surface area (Å²) in [7, 11) is 0. The van der Waals surface area contributed by atoms with Gasteiger partial charge in [-0.25, -0.2) is 0 Å². The minimum Gasteiger partial charge on any atom is -0.504 e. The number of aliphatic hydroxyl groups is 3. The lowest BCUT2D eigenvalue weighted by molar-refractivity contribution is -0.146. The Kier molecular flexibility index (Phi) is 3.46. The van der Waals surface area contributed by atoms with Crippen LogP contribution in [-0.2, 0) is 14.3 Å². The van der Waals surface area contributed by atoms with Crippen molar-refractivity contribution < 1.29 is 29.6 Å². The van der Waals surface area contributed by atoms with Crippen molar-refractivity contribution in [2.45, 2.75) is 0 Å². The van der Waals surface area contributed by atoms with Crippen LogP contribution in [0.25, 0.3) is 0 Å². The number of rotatable bonds is 3. The van der Waals surface area contributed by atoms with Gasteiger partial charge in [0.1, 0.15) is 12.5 Å². The van der Waals surface area contributed by atoms with Crippen LogP contribution in [0.4, 0.5) is 0 Å². The van der Waals surface area contributed by atoms with Gasteiger partial charge in [-0.2, -0.15) is 0 Å². The largest absolute Gasteiger partial charge is 0.504 e. The van der Waals surface area contributed by atoms with E-state index in [9.17, 15) is 9.59 Å². The fourth-order valence-electron chi connectivity index (χ4n) is 1.05. The van der Waals surface area contributed by atoms with Gasteiger partial charge in [-0.05, 0) is 12.2 Å². The van der Waals surface area contributed by atoms with Gasteiger partial charge in [0.15, 0.2) is 11.5 Å². The van der Waals surface area contributed by atoms with Crippen LogP contribution in [0, 0.1) is 5.92 Å². The Morgan fingerprint density at radius 1 is 1.33 bits per heavy atom. The van der Waals surface area contributed by atoms with Gasteiger partial charge in [-0.3, -0.25) is 9.59 Å². The fourth-order valence-corrected chi connectivity index (χ4v) is 1.05. The number of ether oxygens (including phenoxy) is 1. The second kappa shape index (κ2) is 4.61. The van der Waals surface area contributed by atoms with E-state index >= 15 is 0 Å². The Hall–Kier alpha value is -1.82. The highest BCUT2D eigenvalue weighted by molar-refractivity contribution is 6.06. The van der Waals surface area contributed by atoms with E-state index in [2.05, 4.69) is 4.74 Å². The third-order valence-corrected chi connectivity index (χ3v) is 1.75. The first kappa shape index (κ1) is 11.3. The second-order valence-electron chi connectivity index (χ2n) is 2.85. The van der Waals surface area contributed by atoms with Crippen molar-refractivity contribution in [3.05, 3.63) is 23.7 Å². The Bertz CT molecular complexity index is 319. The van der Waals surface area contributed by atoms with Crippen molar-refractivity contribution in [3.63, 3.8) is 0 Å². The predicted octanol–water partition coefficient (Wildman–Crippen LogP) is -0.395. The van der Waals surface area contributed by atoms with Crippen LogP contribution in [0.15, 0.2) is 23.7 Å². The summed E-state index contributed by atoms with van der Waals surface area (Å²) in [5, 5.41) is 26.5. The SMILES string of the molecule is O=C1C(O)=CC(C(=O)OCCO)C=C1O. The van der Waals surface area contributed by atoms with Crippen molar-refractivity contribution in [2.24, 2.45) is 5.92 Å². The van der Waals surface area contributed by atoms with Gasteiger partial charge in [-0.1, -0.05) is 0 Å². The van der Waals surface area contributed by atoms with Crippen LogP contribution < -0.4 is 0 Å². The smallest absolute Gasteiger partial charge is 0.317 e. The van der Waals surface area contributed by atoms with E-state index in [1.54, 1.807) is 0 Å².